The fourth-order valence-corrected chi connectivity index (χ4v) is 6.05. The van der Waals surface area contributed by atoms with E-state index in [4.69, 9.17) is 9.47 Å². The monoisotopic (exact) mass is 588 g/mol. The van der Waals surface area contributed by atoms with E-state index in [2.05, 4.69) is 10.6 Å². The number of methoxy groups -OCH3 is 1. The predicted octanol–water partition coefficient (Wildman–Crippen LogP) is 7.67. The Kier molecular flexibility index (Phi) is 10.2. The lowest BCUT2D eigenvalue weighted by molar-refractivity contribution is -0.115. The van der Waals surface area contributed by atoms with Gasteiger partial charge in [-0.05, 0) is 68.3 Å². The number of esters is 1. The van der Waals surface area contributed by atoms with Crippen molar-refractivity contribution in [2.75, 3.05) is 24.4 Å². The number of thiophene rings is 1. The summed E-state index contributed by atoms with van der Waals surface area (Å²) in [6.07, 6.45) is 0.559. The van der Waals surface area contributed by atoms with Crippen LogP contribution in [0.4, 0.5) is 10.7 Å². The third kappa shape index (κ3) is 7.56. The highest BCUT2D eigenvalue weighted by molar-refractivity contribution is 8.00. The van der Waals surface area contributed by atoms with E-state index in [9.17, 15) is 14.4 Å². The molecule has 1 aromatic heterocycles. The second-order valence-corrected chi connectivity index (χ2v) is 11.3. The van der Waals surface area contributed by atoms with Gasteiger partial charge in [-0.2, -0.15) is 0 Å². The molecular formula is C32H32N2O5S2. The first-order valence-corrected chi connectivity index (χ1v) is 15.0. The smallest absolute Gasteiger partial charge is 0.341 e. The lowest BCUT2D eigenvalue weighted by Crippen LogP contribution is -2.25. The first kappa shape index (κ1) is 29.9. The molecule has 212 valence electrons. The number of thioether (sulfide) groups is 1. The third-order valence-corrected chi connectivity index (χ3v) is 8.51. The second kappa shape index (κ2) is 14.0. The summed E-state index contributed by atoms with van der Waals surface area (Å²) in [5, 5.41) is 7.79. The molecule has 9 heteroatoms. The molecule has 0 radical (unpaired) electrons. The maximum atomic E-state index is 13.4. The zero-order valence-electron chi connectivity index (χ0n) is 23.4. The Morgan fingerprint density at radius 3 is 2.34 bits per heavy atom. The molecule has 3 aromatic carbocycles. The number of amides is 2. The van der Waals surface area contributed by atoms with Crippen LogP contribution in [0.3, 0.4) is 0 Å². The summed E-state index contributed by atoms with van der Waals surface area (Å²) in [6.45, 7) is 5.92. The maximum absolute atomic E-state index is 13.4. The standard InChI is InChI=1S/C32H32N2O5S2/c1-5-27(41-25-9-7-8-23(18-25)33-29(35)22-14-16-24(38-4)17-15-22)30(36)34-31-28(32(37)39-6-2)26(19-40-31)21-12-10-20(3)11-13-21/h7-19,27H,5-6H2,1-4H3,(H,33,35)(H,34,36). The summed E-state index contributed by atoms with van der Waals surface area (Å²) in [6, 6.07) is 22.1. The molecule has 0 aliphatic carbocycles. The van der Waals surface area contributed by atoms with Crippen molar-refractivity contribution >= 4 is 51.6 Å². The van der Waals surface area contributed by atoms with Crippen LogP contribution in [0.1, 0.15) is 46.5 Å². The van der Waals surface area contributed by atoms with Gasteiger partial charge in [-0.1, -0.05) is 42.8 Å². The summed E-state index contributed by atoms with van der Waals surface area (Å²) >= 11 is 2.70. The van der Waals surface area contributed by atoms with E-state index < -0.39 is 11.2 Å². The largest absolute Gasteiger partial charge is 0.497 e. The fraction of sp³-hybridized carbons (Fsp3) is 0.219. The molecule has 4 aromatic rings. The van der Waals surface area contributed by atoms with Crippen LogP contribution in [-0.2, 0) is 9.53 Å². The van der Waals surface area contributed by atoms with Crippen molar-refractivity contribution in [3.8, 4) is 16.9 Å². The highest BCUT2D eigenvalue weighted by Crippen LogP contribution is 2.37. The molecule has 2 N–H and O–H groups in total. The minimum Gasteiger partial charge on any atom is -0.497 e. The Bertz CT molecular complexity index is 1510. The summed E-state index contributed by atoms with van der Waals surface area (Å²) in [7, 11) is 1.57. The van der Waals surface area contributed by atoms with E-state index in [0.29, 0.717) is 34.0 Å². The molecule has 0 saturated heterocycles. The Morgan fingerprint density at radius 2 is 1.68 bits per heavy atom. The van der Waals surface area contributed by atoms with Crippen molar-refractivity contribution in [3.63, 3.8) is 0 Å². The molecule has 0 aliphatic heterocycles. The number of hydrogen-bond acceptors (Lipinski definition) is 7. The van der Waals surface area contributed by atoms with Gasteiger partial charge in [-0.3, -0.25) is 9.59 Å². The summed E-state index contributed by atoms with van der Waals surface area (Å²) in [5.41, 5.74) is 4.21. The molecule has 1 heterocycles. The summed E-state index contributed by atoms with van der Waals surface area (Å²) in [5.74, 6) is -0.256. The minimum absolute atomic E-state index is 0.215. The first-order valence-electron chi connectivity index (χ1n) is 13.2. The lowest BCUT2D eigenvalue weighted by atomic mass is 10.0. The third-order valence-electron chi connectivity index (χ3n) is 6.26. The van der Waals surface area contributed by atoms with Crippen molar-refractivity contribution in [1.82, 2.24) is 0 Å². The Labute approximate surface area is 248 Å². The van der Waals surface area contributed by atoms with Crippen molar-refractivity contribution in [1.29, 1.82) is 0 Å². The van der Waals surface area contributed by atoms with Crippen LogP contribution in [0.25, 0.3) is 11.1 Å². The highest BCUT2D eigenvalue weighted by atomic mass is 32.2. The molecule has 0 spiro atoms. The predicted molar refractivity (Wildman–Crippen MR) is 166 cm³/mol. The van der Waals surface area contributed by atoms with Crippen LogP contribution in [0, 0.1) is 6.92 Å². The quantitative estimate of drug-likeness (QED) is 0.138. The number of nitrogens with one attached hydrogen (secondary N) is 2. The zero-order chi connectivity index (χ0) is 29.4. The van der Waals surface area contributed by atoms with Gasteiger partial charge in [0.1, 0.15) is 16.3 Å². The van der Waals surface area contributed by atoms with E-state index in [1.54, 1.807) is 44.4 Å². The molecule has 7 nitrogen and oxygen atoms in total. The van der Waals surface area contributed by atoms with Gasteiger partial charge in [-0.15, -0.1) is 23.1 Å². The van der Waals surface area contributed by atoms with Gasteiger partial charge in [0, 0.05) is 27.1 Å². The molecule has 4 rings (SSSR count). The van der Waals surface area contributed by atoms with Gasteiger partial charge in [0.2, 0.25) is 5.91 Å². The van der Waals surface area contributed by atoms with Crippen LogP contribution in [0.2, 0.25) is 0 Å². The molecule has 0 bridgehead atoms. The number of hydrogen-bond donors (Lipinski definition) is 2. The van der Waals surface area contributed by atoms with Crippen molar-refractivity contribution < 1.29 is 23.9 Å². The zero-order valence-corrected chi connectivity index (χ0v) is 25.0. The Morgan fingerprint density at radius 1 is 0.951 bits per heavy atom. The number of carbonyl (C=O) groups excluding carboxylic acids is 3. The number of anilines is 2. The van der Waals surface area contributed by atoms with Gasteiger partial charge in [0.05, 0.1) is 19.0 Å². The van der Waals surface area contributed by atoms with Crippen molar-refractivity contribution in [2.24, 2.45) is 0 Å². The van der Waals surface area contributed by atoms with E-state index >= 15 is 0 Å². The lowest BCUT2D eigenvalue weighted by Gasteiger charge is -2.16. The number of aryl methyl sites for hydroxylation is 1. The van der Waals surface area contributed by atoms with Crippen molar-refractivity contribution in [3.05, 3.63) is 94.9 Å². The second-order valence-electron chi connectivity index (χ2n) is 9.15. The SMILES string of the molecule is CCOC(=O)c1c(-c2ccc(C)cc2)csc1NC(=O)C(CC)Sc1cccc(NC(=O)c2ccc(OC)cc2)c1. The van der Waals surface area contributed by atoms with Crippen molar-refractivity contribution in [2.45, 2.75) is 37.3 Å². The number of rotatable bonds is 11. The first-order chi connectivity index (χ1) is 19.8. The topological polar surface area (TPSA) is 93.7 Å². The van der Waals surface area contributed by atoms with Gasteiger partial charge in [0.25, 0.3) is 5.91 Å². The van der Waals surface area contributed by atoms with E-state index in [0.717, 1.165) is 21.6 Å². The molecule has 1 unspecified atom stereocenters. The van der Waals surface area contributed by atoms with Crippen LogP contribution in [-0.4, -0.2) is 36.8 Å². The average molecular weight is 589 g/mol. The summed E-state index contributed by atoms with van der Waals surface area (Å²) < 4.78 is 10.5. The van der Waals surface area contributed by atoms with Crippen LogP contribution in [0.15, 0.2) is 83.1 Å². The van der Waals surface area contributed by atoms with E-state index in [1.165, 1.54) is 23.1 Å². The minimum atomic E-state index is -0.472. The Hall–Kier alpha value is -4.08. The van der Waals surface area contributed by atoms with Crippen LogP contribution in [0.5, 0.6) is 5.75 Å². The normalized spacial score (nSPS) is 11.4. The Balaban J connectivity index is 1.49. The van der Waals surface area contributed by atoms with Gasteiger partial charge >= 0.3 is 5.97 Å². The number of benzene rings is 3. The van der Waals surface area contributed by atoms with Crippen LogP contribution >= 0.6 is 23.1 Å². The number of ether oxygens (including phenoxy) is 2. The van der Waals surface area contributed by atoms with E-state index in [-0.39, 0.29) is 18.4 Å². The molecule has 0 saturated carbocycles. The highest BCUT2D eigenvalue weighted by Gasteiger charge is 2.25. The molecule has 2 amide bonds. The maximum Gasteiger partial charge on any atom is 0.341 e. The average Bonchev–Trinajstić information content (AvgIpc) is 3.40. The van der Waals surface area contributed by atoms with Gasteiger partial charge < -0.3 is 20.1 Å². The van der Waals surface area contributed by atoms with E-state index in [1.807, 2.05) is 61.7 Å². The van der Waals surface area contributed by atoms with Gasteiger partial charge in [0.15, 0.2) is 0 Å². The molecule has 0 aliphatic rings. The number of carbonyl (C=O) groups is 3. The molecule has 1 atom stereocenters. The fourth-order valence-electron chi connectivity index (χ4n) is 4.07. The summed E-state index contributed by atoms with van der Waals surface area (Å²) in [4.78, 5) is 39.9. The molecular weight excluding hydrogens is 556 g/mol. The molecule has 0 fully saturated rings. The van der Waals surface area contributed by atoms with Crippen LogP contribution < -0.4 is 15.4 Å². The van der Waals surface area contributed by atoms with Gasteiger partial charge in [-0.25, -0.2) is 4.79 Å². The molecule has 41 heavy (non-hydrogen) atoms.